The summed E-state index contributed by atoms with van der Waals surface area (Å²) >= 11 is 0. The van der Waals surface area contributed by atoms with E-state index in [9.17, 15) is 9.50 Å². The number of nitrogens with zero attached hydrogens (tertiary/aromatic N) is 1. The van der Waals surface area contributed by atoms with Crippen LogP contribution in [0.4, 0.5) is 4.39 Å². The molecule has 3 rings (SSSR count). The first-order valence-corrected chi connectivity index (χ1v) is 8.81. The molecule has 0 spiro atoms. The predicted octanol–water partition coefficient (Wildman–Crippen LogP) is 3.89. The molecule has 3 atom stereocenters. The fourth-order valence-electron chi connectivity index (χ4n) is 3.85. The van der Waals surface area contributed by atoms with Crippen molar-refractivity contribution < 1.29 is 9.50 Å². The Hall–Kier alpha value is -1.71. The van der Waals surface area contributed by atoms with E-state index in [1.54, 1.807) is 12.1 Å². The molecule has 1 aliphatic heterocycles. The van der Waals surface area contributed by atoms with Gasteiger partial charge in [0.05, 0.1) is 6.10 Å². The van der Waals surface area contributed by atoms with Crippen LogP contribution in [0.25, 0.3) is 0 Å². The van der Waals surface area contributed by atoms with Gasteiger partial charge in [0, 0.05) is 19.5 Å². The maximum absolute atomic E-state index is 13.8. The molecule has 24 heavy (non-hydrogen) atoms. The van der Waals surface area contributed by atoms with Crippen LogP contribution >= 0.6 is 0 Å². The molecule has 0 radical (unpaired) electrons. The molecular weight excluding hydrogens is 301 g/mol. The van der Waals surface area contributed by atoms with Gasteiger partial charge in [0.1, 0.15) is 5.82 Å². The number of aliphatic hydroxyl groups excluding tert-OH is 1. The van der Waals surface area contributed by atoms with Gasteiger partial charge in [-0.15, -0.1) is 0 Å². The zero-order valence-corrected chi connectivity index (χ0v) is 14.2. The van der Waals surface area contributed by atoms with Crippen LogP contribution < -0.4 is 0 Å². The van der Waals surface area contributed by atoms with Gasteiger partial charge in [0.15, 0.2) is 0 Å². The topological polar surface area (TPSA) is 23.5 Å². The van der Waals surface area contributed by atoms with E-state index in [1.807, 2.05) is 12.1 Å². The molecule has 1 unspecified atom stereocenters. The van der Waals surface area contributed by atoms with Crippen molar-refractivity contribution in [2.75, 3.05) is 13.1 Å². The van der Waals surface area contributed by atoms with E-state index >= 15 is 0 Å². The smallest absolute Gasteiger partial charge is 0.126 e. The molecule has 2 aromatic carbocycles. The Morgan fingerprint density at radius 1 is 1.12 bits per heavy atom. The average Bonchev–Trinajstić information content (AvgIpc) is 2.58. The van der Waals surface area contributed by atoms with E-state index in [4.69, 9.17) is 0 Å². The lowest BCUT2D eigenvalue weighted by atomic mass is 9.80. The molecule has 0 bridgehead atoms. The summed E-state index contributed by atoms with van der Waals surface area (Å²) in [5.41, 5.74) is 1.94. The molecule has 1 N–H and O–H groups in total. The fraction of sp³-hybridized carbons (Fsp3) is 0.429. The quantitative estimate of drug-likeness (QED) is 0.901. The van der Waals surface area contributed by atoms with Gasteiger partial charge in [-0.1, -0.05) is 55.5 Å². The highest BCUT2D eigenvalue weighted by molar-refractivity contribution is 5.18. The highest BCUT2D eigenvalue weighted by Crippen LogP contribution is 2.29. The lowest BCUT2D eigenvalue weighted by Crippen LogP contribution is -2.43. The van der Waals surface area contributed by atoms with Crippen LogP contribution in [0.2, 0.25) is 0 Å². The lowest BCUT2D eigenvalue weighted by Gasteiger charge is -2.39. The second-order valence-corrected chi connectivity index (χ2v) is 7.01. The van der Waals surface area contributed by atoms with E-state index in [2.05, 4.69) is 36.1 Å². The first-order chi connectivity index (χ1) is 11.6. The lowest BCUT2D eigenvalue weighted by molar-refractivity contribution is 0.0214. The third-order valence-electron chi connectivity index (χ3n) is 5.19. The third kappa shape index (κ3) is 4.22. The molecule has 0 saturated carbocycles. The van der Waals surface area contributed by atoms with Crippen LogP contribution in [-0.2, 0) is 13.0 Å². The van der Waals surface area contributed by atoms with Crippen molar-refractivity contribution in [3.63, 3.8) is 0 Å². The van der Waals surface area contributed by atoms with E-state index in [0.29, 0.717) is 17.9 Å². The maximum atomic E-state index is 13.8. The van der Waals surface area contributed by atoms with E-state index in [1.165, 1.54) is 11.6 Å². The molecule has 3 heteroatoms. The van der Waals surface area contributed by atoms with Crippen molar-refractivity contribution >= 4 is 0 Å². The standard InChI is InChI=1S/C21H26FNO/c1-16-14-23(15-17-7-3-2-4-8-17)12-11-19(16)21(24)13-18-9-5-6-10-20(18)22/h2-10,16,19,21,24H,11-15H2,1H3/t16-,19-,21?/m0/s1. The van der Waals surface area contributed by atoms with Gasteiger partial charge in [-0.2, -0.15) is 0 Å². The first kappa shape index (κ1) is 17.1. The van der Waals surface area contributed by atoms with Gasteiger partial charge in [0.2, 0.25) is 0 Å². The van der Waals surface area contributed by atoms with Crippen LogP contribution in [0.15, 0.2) is 54.6 Å². The summed E-state index contributed by atoms with van der Waals surface area (Å²) in [4.78, 5) is 2.45. The van der Waals surface area contributed by atoms with Gasteiger partial charge in [-0.3, -0.25) is 4.90 Å². The Kier molecular flexibility index (Phi) is 5.64. The minimum absolute atomic E-state index is 0.217. The molecule has 1 saturated heterocycles. The number of hydrogen-bond donors (Lipinski definition) is 1. The van der Waals surface area contributed by atoms with Gasteiger partial charge in [-0.05, 0) is 42.0 Å². The summed E-state index contributed by atoms with van der Waals surface area (Å²) in [6, 6.07) is 17.3. The molecule has 128 valence electrons. The van der Waals surface area contributed by atoms with Gasteiger partial charge in [0.25, 0.3) is 0 Å². The van der Waals surface area contributed by atoms with Crippen molar-refractivity contribution in [1.29, 1.82) is 0 Å². The van der Waals surface area contributed by atoms with Gasteiger partial charge in [-0.25, -0.2) is 4.39 Å². The van der Waals surface area contributed by atoms with Crippen molar-refractivity contribution in [2.45, 2.75) is 32.4 Å². The van der Waals surface area contributed by atoms with Crippen LogP contribution in [0.3, 0.4) is 0 Å². The van der Waals surface area contributed by atoms with Crippen molar-refractivity contribution in [3.05, 3.63) is 71.5 Å². The van der Waals surface area contributed by atoms with Crippen LogP contribution in [-0.4, -0.2) is 29.2 Å². The molecule has 1 heterocycles. The second kappa shape index (κ2) is 7.91. The minimum Gasteiger partial charge on any atom is -0.392 e. The van der Waals surface area contributed by atoms with Crippen LogP contribution in [0, 0.1) is 17.7 Å². The summed E-state index contributed by atoms with van der Waals surface area (Å²) in [6.07, 6.45) is 0.889. The number of aliphatic hydroxyl groups is 1. The highest BCUT2D eigenvalue weighted by atomic mass is 19.1. The largest absolute Gasteiger partial charge is 0.392 e. The molecule has 1 aliphatic rings. The van der Waals surface area contributed by atoms with Crippen LogP contribution in [0.1, 0.15) is 24.5 Å². The summed E-state index contributed by atoms with van der Waals surface area (Å²) in [5.74, 6) is 0.423. The van der Waals surface area contributed by atoms with E-state index < -0.39 is 6.10 Å². The summed E-state index contributed by atoms with van der Waals surface area (Å²) < 4.78 is 13.8. The molecular formula is C21H26FNO. The number of benzene rings is 2. The predicted molar refractivity (Wildman–Crippen MR) is 95.1 cm³/mol. The molecule has 2 nitrogen and oxygen atoms in total. The number of halogens is 1. The molecule has 1 fully saturated rings. The normalized spacial score (nSPS) is 23.1. The number of rotatable bonds is 5. The summed E-state index contributed by atoms with van der Waals surface area (Å²) in [5, 5.41) is 10.6. The maximum Gasteiger partial charge on any atom is 0.126 e. The SMILES string of the molecule is C[C@H]1CN(Cc2ccccc2)CC[C@@H]1C(O)Cc1ccccc1F. The minimum atomic E-state index is -0.476. The Balaban J connectivity index is 1.56. The average molecular weight is 327 g/mol. The highest BCUT2D eigenvalue weighted by Gasteiger charge is 2.31. The van der Waals surface area contributed by atoms with Crippen molar-refractivity contribution in [3.8, 4) is 0 Å². The third-order valence-corrected chi connectivity index (χ3v) is 5.19. The van der Waals surface area contributed by atoms with Crippen LogP contribution in [0.5, 0.6) is 0 Å². The number of hydrogen-bond acceptors (Lipinski definition) is 2. The molecule has 2 aromatic rings. The second-order valence-electron chi connectivity index (χ2n) is 7.01. The van der Waals surface area contributed by atoms with Gasteiger partial charge >= 0.3 is 0 Å². The Labute approximate surface area is 143 Å². The zero-order chi connectivity index (χ0) is 16.9. The Bertz CT molecular complexity index is 645. The molecule has 0 aliphatic carbocycles. The number of piperidine rings is 1. The van der Waals surface area contributed by atoms with Crippen molar-refractivity contribution in [2.24, 2.45) is 11.8 Å². The number of likely N-dealkylation sites (tertiary alicyclic amines) is 1. The Morgan fingerprint density at radius 3 is 2.54 bits per heavy atom. The first-order valence-electron chi connectivity index (χ1n) is 8.81. The summed E-state index contributed by atoms with van der Waals surface area (Å²) in [7, 11) is 0. The van der Waals surface area contributed by atoms with E-state index in [-0.39, 0.29) is 11.7 Å². The van der Waals surface area contributed by atoms with Crippen molar-refractivity contribution in [1.82, 2.24) is 4.90 Å². The zero-order valence-electron chi connectivity index (χ0n) is 14.2. The van der Waals surface area contributed by atoms with E-state index in [0.717, 1.165) is 26.1 Å². The monoisotopic (exact) mass is 327 g/mol. The fourth-order valence-corrected chi connectivity index (χ4v) is 3.85. The Morgan fingerprint density at radius 2 is 1.83 bits per heavy atom. The molecule has 0 amide bonds. The molecule has 0 aromatic heterocycles. The van der Waals surface area contributed by atoms with Gasteiger partial charge < -0.3 is 5.11 Å². The summed E-state index contributed by atoms with van der Waals surface area (Å²) in [6.45, 7) is 5.12.